The lowest BCUT2D eigenvalue weighted by molar-refractivity contribution is 0.604. The van der Waals surface area contributed by atoms with Gasteiger partial charge in [-0.2, -0.15) is 0 Å². The Morgan fingerprint density at radius 3 is 3.50 bits per heavy atom. The third kappa shape index (κ3) is 0.391. The van der Waals surface area contributed by atoms with E-state index in [4.69, 9.17) is 4.42 Å². The van der Waals surface area contributed by atoms with E-state index in [-0.39, 0.29) is 0 Å². The van der Waals surface area contributed by atoms with Gasteiger partial charge in [0.25, 0.3) is 0 Å². The van der Waals surface area contributed by atoms with Gasteiger partial charge >= 0.3 is 0 Å². The summed E-state index contributed by atoms with van der Waals surface area (Å²) >= 11 is 1.59. The maximum atomic E-state index is 4.96. The minimum atomic E-state index is 0.745. The van der Waals surface area contributed by atoms with E-state index in [1.54, 1.807) is 23.1 Å². The SMILES string of the molecule is c1cc2scnc2o1. The molecule has 2 aromatic rings. The lowest BCUT2D eigenvalue weighted by Crippen LogP contribution is -1.49. The number of nitrogens with zero attached hydrogens (tertiary/aromatic N) is 1. The molecule has 2 heterocycles. The molecule has 0 spiro atoms. The van der Waals surface area contributed by atoms with Gasteiger partial charge in [0.1, 0.15) is 0 Å². The highest BCUT2D eigenvalue weighted by Gasteiger charge is 1.94. The van der Waals surface area contributed by atoms with E-state index in [1.165, 1.54) is 0 Å². The second-order valence-electron chi connectivity index (χ2n) is 1.44. The van der Waals surface area contributed by atoms with Crippen LogP contribution in [0.2, 0.25) is 0 Å². The summed E-state index contributed by atoms with van der Waals surface area (Å²) in [4.78, 5) is 3.93. The lowest BCUT2D eigenvalue weighted by atomic mass is 10.6. The van der Waals surface area contributed by atoms with Gasteiger partial charge in [0, 0.05) is 0 Å². The molecule has 0 unspecified atom stereocenters. The van der Waals surface area contributed by atoms with Gasteiger partial charge in [0.05, 0.1) is 16.5 Å². The van der Waals surface area contributed by atoms with E-state index in [0.29, 0.717) is 0 Å². The molecule has 3 heteroatoms. The van der Waals surface area contributed by atoms with Gasteiger partial charge in [-0.15, -0.1) is 11.3 Å². The van der Waals surface area contributed by atoms with Crippen molar-refractivity contribution in [2.75, 3.05) is 0 Å². The van der Waals surface area contributed by atoms with Crippen molar-refractivity contribution >= 4 is 21.8 Å². The topological polar surface area (TPSA) is 26.0 Å². The predicted octanol–water partition coefficient (Wildman–Crippen LogP) is 1.89. The first-order valence-electron chi connectivity index (χ1n) is 2.23. The fraction of sp³-hybridized carbons (Fsp3) is 0. The van der Waals surface area contributed by atoms with Crippen LogP contribution >= 0.6 is 11.3 Å². The molecular formula is C5H3NOS. The van der Waals surface area contributed by atoms with Crippen molar-refractivity contribution in [1.29, 1.82) is 0 Å². The summed E-state index contributed by atoms with van der Waals surface area (Å²) in [7, 11) is 0. The molecule has 0 radical (unpaired) electrons. The van der Waals surface area contributed by atoms with E-state index in [0.717, 1.165) is 10.4 Å². The van der Waals surface area contributed by atoms with Crippen LogP contribution in [0.5, 0.6) is 0 Å². The summed E-state index contributed by atoms with van der Waals surface area (Å²) in [6, 6.07) is 1.91. The van der Waals surface area contributed by atoms with Crippen molar-refractivity contribution < 1.29 is 4.42 Å². The van der Waals surface area contributed by atoms with Crippen LogP contribution in [0.1, 0.15) is 0 Å². The molecule has 0 N–H and O–H groups in total. The fourth-order valence-electron chi connectivity index (χ4n) is 0.604. The fourth-order valence-corrected chi connectivity index (χ4v) is 1.20. The molecule has 0 saturated carbocycles. The molecule has 0 aromatic carbocycles. The monoisotopic (exact) mass is 125 g/mol. The Labute approximate surface area is 49.8 Å². The molecular weight excluding hydrogens is 122 g/mol. The first kappa shape index (κ1) is 4.09. The standard InChI is InChI=1S/C5H3NOS/c1-2-7-5-4(1)8-3-6-5/h1-3H. The smallest absolute Gasteiger partial charge is 0.236 e. The van der Waals surface area contributed by atoms with Crippen LogP contribution in [-0.2, 0) is 0 Å². The normalized spacial score (nSPS) is 10.5. The Hall–Kier alpha value is -0.830. The largest absolute Gasteiger partial charge is 0.445 e. The van der Waals surface area contributed by atoms with Crippen LogP contribution in [0.4, 0.5) is 0 Å². The van der Waals surface area contributed by atoms with Gasteiger partial charge in [0.15, 0.2) is 0 Å². The molecule has 40 valence electrons. The van der Waals surface area contributed by atoms with Crippen LogP contribution in [0.15, 0.2) is 22.3 Å². The number of hydrogen-bond acceptors (Lipinski definition) is 3. The molecule has 0 saturated heterocycles. The first-order chi connectivity index (χ1) is 3.97. The van der Waals surface area contributed by atoms with Crippen molar-refractivity contribution in [3.63, 3.8) is 0 Å². The molecule has 2 nitrogen and oxygen atoms in total. The second-order valence-corrected chi connectivity index (χ2v) is 2.33. The van der Waals surface area contributed by atoms with E-state index in [2.05, 4.69) is 4.98 Å². The van der Waals surface area contributed by atoms with Crippen molar-refractivity contribution in [3.05, 3.63) is 17.8 Å². The molecule has 2 aromatic heterocycles. The summed E-state index contributed by atoms with van der Waals surface area (Å²) in [5.41, 5.74) is 2.52. The van der Waals surface area contributed by atoms with Crippen molar-refractivity contribution in [2.45, 2.75) is 0 Å². The third-order valence-corrected chi connectivity index (χ3v) is 1.73. The average molecular weight is 125 g/mol. The number of hydrogen-bond donors (Lipinski definition) is 0. The van der Waals surface area contributed by atoms with Gasteiger partial charge in [-0.25, -0.2) is 4.98 Å². The number of rotatable bonds is 0. The molecule has 0 fully saturated rings. The average Bonchev–Trinajstić information content (AvgIpc) is 2.15. The molecule has 0 bridgehead atoms. The first-order valence-corrected chi connectivity index (χ1v) is 3.11. The third-order valence-electron chi connectivity index (χ3n) is 0.960. The Bertz CT molecular complexity index is 234. The van der Waals surface area contributed by atoms with Crippen LogP contribution in [0.3, 0.4) is 0 Å². The summed E-state index contributed by atoms with van der Waals surface area (Å²) < 4.78 is 6.07. The Morgan fingerprint density at radius 2 is 2.62 bits per heavy atom. The van der Waals surface area contributed by atoms with E-state index in [1.807, 2.05) is 6.07 Å². The van der Waals surface area contributed by atoms with E-state index in [9.17, 15) is 0 Å². The summed E-state index contributed by atoms with van der Waals surface area (Å²) in [5.74, 6) is 0. The molecule has 0 aliphatic heterocycles. The molecule has 0 atom stereocenters. The maximum Gasteiger partial charge on any atom is 0.236 e. The highest BCUT2D eigenvalue weighted by atomic mass is 32.1. The minimum absolute atomic E-state index is 0.745. The van der Waals surface area contributed by atoms with Crippen LogP contribution in [0.25, 0.3) is 10.4 Å². The molecule has 2 rings (SSSR count). The number of furan rings is 1. The summed E-state index contributed by atoms with van der Waals surface area (Å²) in [6.07, 6.45) is 1.65. The van der Waals surface area contributed by atoms with Crippen LogP contribution in [-0.4, -0.2) is 4.98 Å². The highest BCUT2D eigenvalue weighted by Crippen LogP contribution is 2.16. The lowest BCUT2D eigenvalue weighted by Gasteiger charge is -1.63. The minimum Gasteiger partial charge on any atom is -0.445 e. The quantitative estimate of drug-likeness (QED) is 0.537. The Kier molecular flexibility index (Phi) is 0.676. The van der Waals surface area contributed by atoms with Crippen molar-refractivity contribution in [3.8, 4) is 0 Å². The molecule has 0 aliphatic rings. The van der Waals surface area contributed by atoms with E-state index >= 15 is 0 Å². The van der Waals surface area contributed by atoms with Gasteiger partial charge < -0.3 is 4.42 Å². The molecule has 8 heavy (non-hydrogen) atoms. The zero-order valence-corrected chi connectivity index (χ0v) is 4.81. The number of fused-ring (bicyclic) bond motifs is 1. The molecule has 0 amide bonds. The van der Waals surface area contributed by atoms with Crippen LogP contribution < -0.4 is 0 Å². The zero-order valence-electron chi connectivity index (χ0n) is 4.00. The van der Waals surface area contributed by atoms with Gasteiger partial charge in [-0.3, -0.25) is 0 Å². The maximum absolute atomic E-state index is 4.96. The van der Waals surface area contributed by atoms with Crippen LogP contribution in [0, 0.1) is 0 Å². The van der Waals surface area contributed by atoms with Crippen molar-refractivity contribution in [1.82, 2.24) is 4.98 Å². The predicted molar refractivity (Wildman–Crippen MR) is 31.9 cm³/mol. The molecule has 0 aliphatic carbocycles. The number of thiazole rings is 1. The second kappa shape index (κ2) is 1.32. The van der Waals surface area contributed by atoms with Gasteiger partial charge in [0.2, 0.25) is 5.71 Å². The van der Waals surface area contributed by atoms with Gasteiger partial charge in [-0.1, -0.05) is 0 Å². The zero-order chi connectivity index (χ0) is 5.40. The summed E-state index contributed by atoms with van der Waals surface area (Å²) in [6.45, 7) is 0. The summed E-state index contributed by atoms with van der Waals surface area (Å²) in [5, 5.41) is 0. The Morgan fingerprint density at radius 1 is 1.62 bits per heavy atom. The van der Waals surface area contributed by atoms with Gasteiger partial charge in [-0.05, 0) is 6.07 Å². The van der Waals surface area contributed by atoms with Crippen molar-refractivity contribution in [2.24, 2.45) is 0 Å². The Balaban J connectivity index is 3.06. The highest BCUT2D eigenvalue weighted by molar-refractivity contribution is 7.16. The van der Waals surface area contributed by atoms with E-state index < -0.39 is 0 Å². The number of aromatic nitrogens is 1.